The third-order valence-corrected chi connectivity index (χ3v) is 5.68. The molecule has 7 heteroatoms. The van der Waals surface area contributed by atoms with E-state index < -0.39 is 11.8 Å². The number of amides is 3. The quantitative estimate of drug-likeness (QED) is 0.390. The van der Waals surface area contributed by atoms with E-state index in [-0.39, 0.29) is 18.9 Å². The van der Waals surface area contributed by atoms with Gasteiger partial charge in [0.2, 0.25) is 5.91 Å². The van der Waals surface area contributed by atoms with Gasteiger partial charge in [-0.15, -0.1) is 0 Å². The van der Waals surface area contributed by atoms with Gasteiger partial charge in [-0.1, -0.05) is 60.7 Å². The van der Waals surface area contributed by atoms with Gasteiger partial charge in [0.05, 0.1) is 18.5 Å². The topological polar surface area (TPSA) is 92.2 Å². The summed E-state index contributed by atoms with van der Waals surface area (Å²) in [5.74, 6) is -1.22. The lowest BCUT2D eigenvalue weighted by molar-refractivity contribution is -0.126. The molecule has 0 saturated carbocycles. The van der Waals surface area contributed by atoms with Gasteiger partial charge in [-0.3, -0.25) is 25.2 Å². The number of aromatic nitrogens is 1. The molecule has 1 aromatic heterocycles. The van der Waals surface area contributed by atoms with Gasteiger partial charge in [-0.25, -0.2) is 0 Å². The molecular weight excluding hydrogens is 428 g/mol. The van der Waals surface area contributed by atoms with E-state index in [2.05, 4.69) is 16.2 Å². The number of hydrogen-bond donors (Lipinski definition) is 3. The monoisotopic (exact) mass is 454 g/mol. The van der Waals surface area contributed by atoms with Crippen molar-refractivity contribution in [1.29, 1.82) is 0 Å². The number of fused-ring (bicyclic) bond motifs is 1. The van der Waals surface area contributed by atoms with Gasteiger partial charge in [-0.05, 0) is 48.4 Å². The second kappa shape index (κ2) is 10.0. The van der Waals surface area contributed by atoms with E-state index in [1.807, 2.05) is 91.2 Å². The van der Waals surface area contributed by atoms with Crippen molar-refractivity contribution in [3.63, 3.8) is 0 Å². The zero-order valence-electron chi connectivity index (χ0n) is 19.1. The van der Waals surface area contributed by atoms with Gasteiger partial charge >= 0.3 is 0 Å². The van der Waals surface area contributed by atoms with Crippen molar-refractivity contribution >= 4 is 28.5 Å². The standard InChI is InChI=1S/C27H26N4O3/c1-18-15-24(19(2)31(18)22-12-4-3-5-13-22)27(34)30-29-26(33)17-28-25(32)16-21-11-8-10-20-9-6-7-14-23(20)21/h3-15H,16-17H2,1-2H3,(H,28,32)(H,29,33)(H,30,34). The van der Waals surface area contributed by atoms with Crippen LogP contribution in [0.15, 0.2) is 78.9 Å². The third kappa shape index (κ3) is 4.99. The first-order valence-electron chi connectivity index (χ1n) is 11.0. The Morgan fingerprint density at radius 2 is 1.50 bits per heavy atom. The lowest BCUT2D eigenvalue weighted by Gasteiger charge is -2.11. The minimum atomic E-state index is -0.517. The first kappa shape index (κ1) is 22.8. The van der Waals surface area contributed by atoms with Crippen molar-refractivity contribution in [2.75, 3.05) is 6.54 Å². The summed E-state index contributed by atoms with van der Waals surface area (Å²) in [5.41, 5.74) is 8.76. The molecule has 0 radical (unpaired) electrons. The highest BCUT2D eigenvalue weighted by Crippen LogP contribution is 2.21. The lowest BCUT2D eigenvalue weighted by Crippen LogP contribution is -2.46. The minimum Gasteiger partial charge on any atom is -0.347 e. The molecule has 0 bridgehead atoms. The van der Waals surface area contributed by atoms with Crippen LogP contribution in [0.25, 0.3) is 16.5 Å². The predicted octanol–water partition coefficient (Wildman–Crippen LogP) is 3.37. The molecule has 4 aromatic rings. The number of hydrazine groups is 1. The summed E-state index contributed by atoms with van der Waals surface area (Å²) in [7, 11) is 0. The molecular formula is C27H26N4O3. The molecule has 172 valence electrons. The highest BCUT2D eigenvalue weighted by Gasteiger charge is 2.17. The molecule has 0 aliphatic rings. The first-order valence-corrected chi connectivity index (χ1v) is 11.0. The summed E-state index contributed by atoms with van der Waals surface area (Å²) in [6, 6.07) is 25.1. The molecule has 0 spiro atoms. The van der Waals surface area contributed by atoms with Gasteiger partial charge in [0.25, 0.3) is 11.8 Å². The van der Waals surface area contributed by atoms with E-state index in [0.29, 0.717) is 5.56 Å². The molecule has 7 nitrogen and oxygen atoms in total. The Morgan fingerprint density at radius 3 is 2.29 bits per heavy atom. The Bertz CT molecular complexity index is 1350. The molecule has 34 heavy (non-hydrogen) atoms. The van der Waals surface area contributed by atoms with E-state index in [1.54, 1.807) is 6.07 Å². The van der Waals surface area contributed by atoms with Gasteiger partial charge in [0.15, 0.2) is 0 Å². The normalized spacial score (nSPS) is 10.6. The Balaban J connectivity index is 1.30. The number of nitrogens with one attached hydrogen (secondary N) is 3. The maximum Gasteiger partial charge on any atom is 0.271 e. The van der Waals surface area contributed by atoms with E-state index in [9.17, 15) is 14.4 Å². The Labute approximate surface area is 197 Å². The summed E-state index contributed by atoms with van der Waals surface area (Å²) >= 11 is 0. The molecule has 1 heterocycles. The molecule has 3 aromatic carbocycles. The SMILES string of the molecule is Cc1cc(C(=O)NNC(=O)CNC(=O)Cc2cccc3ccccc23)c(C)n1-c1ccccc1. The lowest BCUT2D eigenvalue weighted by atomic mass is 10.0. The molecule has 0 aliphatic carbocycles. The molecule has 3 N–H and O–H groups in total. The fourth-order valence-electron chi connectivity index (χ4n) is 4.07. The number of para-hydroxylation sites is 1. The van der Waals surface area contributed by atoms with Crippen LogP contribution in [0.4, 0.5) is 0 Å². The second-order valence-corrected chi connectivity index (χ2v) is 8.05. The molecule has 0 saturated heterocycles. The fraction of sp³-hybridized carbons (Fsp3) is 0.148. The molecule has 3 amide bonds. The van der Waals surface area contributed by atoms with E-state index in [0.717, 1.165) is 33.4 Å². The summed E-state index contributed by atoms with van der Waals surface area (Å²) in [5, 5.41) is 4.66. The molecule has 4 rings (SSSR count). The Hall–Kier alpha value is -4.39. The van der Waals surface area contributed by atoms with Crippen LogP contribution in [0.5, 0.6) is 0 Å². The number of rotatable bonds is 6. The van der Waals surface area contributed by atoms with Gasteiger partial charge in [0, 0.05) is 17.1 Å². The summed E-state index contributed by atoms with van der Waals surface area (Å²) in [6.07, 6.45) is 0.159. The van der Waals surface area contributed by atoms with Crippen LogP contribution >= 0.6 is 0 Å². The highest BCUT2D eigenvalue weighted by atomic mass is 16.2. The Kier molecular flexibility index (Phi) is 6.73. The number of aryl methyl sites for hydroxylation is 1. The predicted molar refractivity (Wildman–Crippen MR) is 132 cm³/mol. The highest BCUT2D eigenvalue weighted by molar-refractivity contribution is 5.97. The fourth-order valence-corrected chi connectivity index (χ4v) is 4.07. The largest absolute Gasteiger partial charge is 0.347 e. The van der Waals surface area contributed by atoms with Gasteiger partial charge < -0.3 is 9.88 Å². The van der Waals surface area contributed by atoms with E-state index in [1.165, 1.54) is 0 Å². The molecule has 0 fully saturated rings. The van der Waals surface area contributed by atoms with Crippen LogP contribution in [-0.4, -0.2) is 28.8 Å². The smallest absolute Gasteiger partial charge is 0.271 e. The zero-order chi connectivity index (χ0) is 24.1. The first-order chi connectivity index (χ1) is 16.4. The van der Waals surface area contributed by atoms with Crippen molar-refractivity contribution in [2.24, 2.45) is 0 Å². The van der Waals surface area contributed by atoms with Crippen molar-refractivity contribution in [2.45, 2.75) is 20.3 Å². The van der Waals surface area contributed by atoms with E-state index in [4.69, 9.17) is 0 Å². The van der Waals surface area contributed by atoms with Crippen molar-refractivity contribution in [3.05, 3.63) is 101 Å². The number of hydrogen-bond acceptors (Lipinski definition) is 3. The molecule has 0 unspecified atom stereocenters. The average molecular weight is 455 g/mol. The van der Waals surface area contributed by atoms with Crippen LogP contribution in [0.3, 0.4) is 0 Å². The van der Waals surface area contributed by atoms with Crippen molar-refractivity contribution in [1.82, 2.24) is 20.7 Å². The summed E-state index contributed by atoms with van der Waals surface area (Å²) in [4.78, 5) is 37.2. The van der Waals surface area contributed by atoms with Crippen molar-refractivity contribution in [3.8, 4) is 5.69 Å². The van der Waals surface area contributed by atoms with Crippen LogP contribution in [0.2, 0.25) is 0 Å². The van der Waals surface area contributed by atoms with Crippen LogP contribution in [-0.2, 0) is 16.0 Å². The van der Waals surface area contributed by atoms with E-state index >= 15 is 0 Å². The second-order valence-electron chi connectivity index (χ2n) is 8.05. The van der Waals surface area contributed by atoms with Gasteiger partial charge in [0.1, 0.15) is 0 Å². The maximum absolute atomic E-state index is 12.6. The zero-order valence-corrected chi connectivity index (χ0v) is 19.1. The molecule has 0 aliphatic heterocycles. The summed E-state index contributed by atoms with van der Waals surface area (Å²) in [6.45, 7) is 3.53. The number of benzene rings is 3. The minimum absolute atomic E-state index is 0.159. The number of carbonyl (C=O) groups excluding carboxylic acids is 3. The average Bonchev–Trinajstić information content (AvgIpc) is 3.15. The van der Waals surface area contributed by atoms with Crippen LogP contribution < -0.4 is 16.2 Å². The number of nitrogens with zero attached hydrogens (tertiary/aromatic N) is 1. The summed E-state index contributed by atoms with van der Waals surface area (Å²) < 4.78 is 1.98. The maximum atomic E-state index is 12.6. The van der Waals surface area contributed by atoms with Crippen LogP contribution in [0.1, 0.15) is 27.3 Å². The van der Waals surface area contributed by atoms with Crippen LogP contribution in [0, 0.1) is 13.8 Å². The van der Waals surface area contributed by atoms with Gasteiger partial charge in [-0.2, -0.15) is 0 Å². The third-order valence-electron chi connectivity index (χ3n) is 5.68. The molecule has 0 atom stereocenters. The number of carbonyl (C=O) groups is 3. The van der Waals surface area contributed by atoms with Crippen molar-refractivity contribution < 1.29 is 14.4 Å². The Morgan fingerprint density at radius 1 is 0.794 bits per heavy atom.